The summed E-state index contributed by atoms with van der Waals surface area (Å²) in [7, 11) is -1.43. The first-order chi connectivity index (χ1) is 9.48. The lowest BCUT2D eigenvalue weighted by Crippen LogP contribution is -2.40. The van der Waals surface area contributed by atoms with Crippen molar-refractivity contribution in [2.45, 2.75) is 30.6 Å². The van der Waals surface area contributed by atoms with Crippen molar-refractivity contribution in [3.63, 3.8) is 0 Å². The second kappa shape index (κ2) is 5.13. The molecule has 110 valence electrons. The number of rotatable bonds is 4. The molecule has 1 aromatic heterocycles. The maximum Gasteiger partial charge on any atom is 0.225 e. The number of anilines is 1. The molecule has 1 aliphatic heterocycles. The molecule has 2 heterocycles. The van der Waals surface area contributed by atoms with Crippen LogP contribution in [0.15, 0.2) is 12.4 Å². The van der Waals surface area contributed by atoms with Crippen molar-refractivity contribution in [2.75, 3.05) is 25.0 Å². The van der Waals surface area contributed by atoms with Gasteiger partial charge in [-0.1, -0.05) is 11.6 Å². The van der Waals surface area contributed by atoms with Gasteiger partial charge < -0.3 is 4.90 Å². The van der Waals surface area contributed by atoms with Gasteiger partial charge in [0.1, 0.15) is 0 Å². The first-order valence-electron chi connectivity index (χ1n) is 6.68. The Morgan fingerprint density at radius 1 is 1.30 bits per heavy atom. The number of hydrogen-bond acceptors (Lipinski definition) is 5. The zero-order valence-electron chi connectivity index (χ0n) is 11.2. The number of hydrogen-bond donors (Lipinski definition) is 0. The lowest BCUT2D eigenvalue weighted by Gasteiger charge is -2.24. The highest BCUT2D eigenvalue weighted by atomic mass is 35.5. The summed E-state index contributed by atoms with van der Waals surface area (Å²) in [6, 6.07) is -0.000113. The quantitative estimate of drug-likeness (QED) is 0.833. The van der Waals surface area contributed by atoms with Gasteiger partial charge in [-0.3, -0.25) is 0 Å². The summed E-state index contributed by atoms with van der Waals surface area (Å²) in [5.74, 6) is 0.606. The largest absolute Gasteiger partial charge is 0.339 e. The molecule has 1 saturated heterocycles. The molecule has 0 bridgehead atoms. The fourth-order valence-electron chi connectivity index (χ4n) is 2.50. The molecule has 2 fully saturated rings. The van der Waals surface area contributed by atoms with E-state index in [0.29, 0.717) is 17.5 Å². The number of aromatic nitrogens is 2. The molecule has 0 N–H and O–H groups in total. The van der Waals surface area contributed by atoms with Gasteiger partial charge in [0.25, 0.3) is 0 Å². The van der Waals surface area contributed by atoms with Gasteiger partial charge in [0, 0.05) is 26.2 Å². The van der Waals surface area contributed by atoms with E-state index in [0.717, 1.165) is 25.8 Å². The fourth-order valence-corrected chi connectivity index (χ4v) is 4.39. The smallest absolute Gasteiger partial charge is 0.225 e. The molecule has 6 nitrogen and oxygen atoms in total. The van der Waals surface area contributed by atoms with Crippen molar-refractivity contribution in [3.8, 4) is 0 Å². The Labute approximate surface area is 123 Å². The van der Waals surface area contributed by atoms with Gasteiger partial charge in [-0.25, -0.2) is 18.4 Å². The van der Waals surface area contributed by atoms with Crippen LogP contribution in [-0.2, 0) is 10.0 Å². The molecule has 1 aromatic rings. The summed E-state index contributed by atoms with van der Waals surface area (Å²) in [5, 5.41) is 0.339. The minimum absolute atomic E-state index is 0.000113. The highest BCUT2D eigenvalue weighted by Crippen LogP contribution is 2.32. The number of sulfonamides is 1. The van der Waals surface area contributed by atoms with Crippen LogP contribution in [0.5, 0.6) is 0 Å². The Hall–Kier alpha value is -0.920. The number of nitrogens with zero attached hydrogens (tertiary/aromatic N) is 4. The zero-order valence-corrected chi connectivity index (χ0v) is 12.8. The summed E-state index contributed by atoms with van der Waals surface area (Å²) in [4.78, 5) is 10.4. The topological polar surface area (TPSA) is 66.4 Å². The van der Waals surface area contributed by atoms with Crippen LogP contribution in [0.3, 0.4) is 0 Å². The van der Waals surface area contributed by atoms with E-state index in [2.05, 4.69) is 9.97 Å². The zero-order chi connectivity index (χ0) is 14.3. The highest BCUT2D eigenvalue weighted by Gasteiger charge is 2.42. The minimum atomic E-state index is -3.12. The molecular formula is C12H17ClN4O2S. The van der Waals surface area contributed by atoms with Gasteiger partial charge in [0.15, 0.2) is 0 Å². The summed E-state index contributed by atoms with van der Waals surface area (Å²) in [6.07, 6.45) is 5.50. The number of halogens is 1. The van der Waals surface area contributed by atoms with Crippen LogP contribution in [0.1, 0.15) is 19.3 Å². The van der Waals surface area contributed by atoms with Crippen molar-refractivity contribution < 1.29 is 8.42 Å². The van der Waals surface area contributed by atoms with E-state index >= 15 is 0 Å². The van der Waals surface area contributed by atoms with Gasteiger partial charge in [0.2, 0.25) is 16.0 Å². The Kier molecular flexibility index (Phi) is 3.60. The van der Waals surface area contributed by atoms with E-state index < -0.39 is 10.0 Å². The molecule has 0 radical (unpaired) electrons. The van der Waals surface area contributed by atoms with Gasteiger partial charge in [-0.05, 0) is 19.3 Å². The normalized spacial score (nSPS) is 23.6. The fraction of sp³-hybridized carbons (Fsp3) is 0.667. The van der Waals surface area contributed by atoms with Crippen molar-refractivity contribution >= 4 is 27.6 Å². The summed E-state index contributed by atoms with van der Waals surface area (Å²) >= 11 is 5.77. The SMILES string of the molecule is CN(C1CCN(c2ncc(Cl)cn2)C1)S(=O)(=O)C1CC1. The molecule has 1 unspecified atom stereocenters. The predicted molar refractivity (Wildman–Crippen MR) is 77.4 cm³/mol. The lowest BCUT2D eigenvalue weighted by molar-refractivity contribution is 0.389. The van der Waals surface area contributed by atoms with E-state index in [1.165, 1.54) is 0 Å². The molecule has 0 spiro atoms. The van der Waals surface area contributed by atoms with Crippen LogP contribution in [-0.4, -0.2) is 54.1 Å². The minimum Gasteiger partial charge on any atom is -0.339 e. The molecule has 20 heavy (non-hydrogen) atoms. The van der Waals surface area contributed by atoms with E-state index in [-0.39, 0.29) is 11.3 Å². The van der Waals surface area contributed by atoms with Crippen LogP contribution in [0.25, 0.3) is 0 Å². The number of likely N-dealkylation sites (N-methyl/N-ethyl adjacent to an activating group) is 1. The molecular weight excluding hydrogens is 300 g/mol. The van der Waals surface area contributed by atoms with E-state index in [1.807, 2.05) is 4.90 Å². The summed E-state index contributed by atoms with van der Waals surface area (Å²) in [5.41, 5.74) is 0. The van der Waals surface area contributed by atoms with Gasteiger partial charge in [-0.2, -0.15) is 4.31 Å². The average Bonchev–Trinajstić information content (AvgIpc) is 3.18. The van der Waals surface area contributed by atoms with Crippen LogP contribution in [0.4, 0.5) is 5.95 Å². The Morgan fingerprint density at radius 3 is 2.55 bits per heavy atom. The van der Waals surface area contributed by atoms with Crippen molar-refractivity contribution in [2.24, 2.45) is 0 Å². The van der Waals surface area contributed by atoms with Gasteiger partial charge >= 0.3 is 0 Å². The van der Waals surface area contributed by atoms with Crippen LogP contribution < -0.4 is 4.90 Å². The molecule has 8 heteroatoms. The maximum atomic E-state index is 12.2. The maximum absolute atomic E-state index is 12.2. The van der Waals surface area contributed by atoms with E-state index in [9.17, 15) is 8.42 Å². The Morgan fingerprint density at radius 2 is 1.95 bits per heavy atom. The molecule has 1 saturated carbocycles. The molecule has 0 aromatic carbocycles. The van der Waals surface area contributed by atoms with Crippen LogP contribution in [0, 0.1) is 0 Å². The lowest BCUT2D eigenvalue weighted by atomic mass is 10.3. The van der Waals surface area contributed by atoms with Crippen molar-refractivity contribution in [3.05, 3.63) is 17.4 Å². The first kappa shape index (κ1) is 14.0. The second-order valence-electron chi connectivity index (χ2n) is 5.35. The Balaban J connectivity index is 1.69. The summed E-state index contributed by atoms with van der Waals surface area (Å²) < 4.78 is 26.0. The average molecular weight is 317 g/mol. The molecule has 1 aliphatic carbocycles. The third kappa shape index (κ3) is 2.62. The predicted octanol–water partition coefficient (Wildman–Crippen LogP) is 1.13. The van der Waals surface area contributed by atoms with Crippen LogP contribution in [0.2, 0.25) is 5.02 Å². The third-order valence-corrected chi connectivity index (χ3v) is 6.52. The van der Waals surface area contributed by atoms with Gasteiger partial charge in [0.05, 0.1) is 22.7 Å². The standard InChI is InChI=1S/C12H17ClN4O2S/c1-16(20(18,19)11-2-3-11)10-4-5-17(8-10)12-14-6-9(13)7-15-12/h6-7,10-11H,2-5,8H2,1H3. The highest BCUT2D eigenvalue weighted by molar-refractivity contribution is 7.90. The van der Waals surface area contributed by atoms with Crippen molar-refractivity contribution in [1.82, 2.24) is 14.3 Å². The van der Waals surface area contributed by atoms with E-state index in [1.54, 1.807) is 23.7 Å². The Bertz CT molecular complexity index is 588. The van der Waals surface area contributed by atoms with E-state index in [4.69, 9.17) is 11.6 Å². The molecule has 3 rings (SSSR count). The molecule has 0 amide bonds. The summed E-state index contributed by atoms with van der Waals surface area (Å²) in [6.45, 7) is 1.39. The van der Waals surface area contributed by atoms with Crippen molar-refractivity contribution in [1.29, 1.82) is 0 Å². The molecule has 2 aliphatic rings. The second-order valence-corrected chi connectivity index (χ2v) is 8.06. The van der Waals surface area contributed by atoms with Gasteiger partial charge in [-0.15, -0.1) is 0 Å². The van der Waals surface area contributed by atoms with Crippen LogP contribution >= 0.6 is 11.6 Å². The monoisotopic (exact) mass is 316 g/mol. The molecule has 1 atom stereocenters. The third-order valence-electron chi connectivity index (χ3n) is 3.91. The first-order valence-corrected chi connectivity index (χ1v) is 8.56.